The van der Waals surface area contributed by atoms with Crippen molar-refractivity contribution in [2.24, 2.45) is 5.92 Å². The van der Waals surface area contributed by atoms with Gasteiger partial charge in [0, 0.05) is 17.6 Å². The molecule has 0 spiro atoms. The molecule has 2 amide bonds. The van der Waals surface area contributed by atoms with Crippen LogP contribution < -0.4 is 14.8 Å². The Bertz CT molecular complexity index is 839. The monoisotopic (exact) mass is 476 g/mol. The highest BCUT2D eigenvalue weighted by Gasteiger charge is 2.26. The zero-order chi connectivity index (χ0) is 22.1. The minimum absolute atomic E-state index is 0.165. The molecule has 0 unspecified atom stereocenters. The van der Waals surface area contributed by atoms with Gasteiger partial charge in [0.1, 0.15) is 17.5 Å². The highest BCUT2D eigenvalue weighted by molar-refractivity contribution is 9.10. The first-order valence-electron chi connectivity index (χ1n) is 9.88. The lowest BCUT2D eigenvalue weighted by Gasteiger charge is -2.29. The molecule has 1 atom stereocenters. The number of carbonyl (C=O) groups excluding carboxylic acids is 2. The van der Waals surface area contributed by atoms with E-state index in [-0.39, 0.29) is 18.4 Å². The van der Waals surface area contributed by atoms with Gasteiger partial charge in [-0.05, 0) is 54.8 Å². The molecule has 0 saturated heterocycles. The summed E-state index contributed by atoms with van der Waals surface area (Å²) in [4.78, 5) is 27.2. The van der Waals surface area contributed by atoms with Crippen molar-refractivity contribution in [2.45, 2.75) is 33.4 Å². The number of methoxy groups -OCH3 is 1. The number of carbonyl (C=O) groups is 2. The Hall–Kier alpha value is -2.54. The van der Waals surface area contributed by atoms with Crippen molar-refractivity contribution in [3.05, 3.63) is 58.6 Å². The predicted molar refractivity (Wildman–Crippen MR) is 120 cm³/mol. The average Bonchev–Trinajstić information content (AvgIpc) is 2.74. The molecule has 162 valence electrons. The number of nitrogens with one attached hydrogen (secondary N) is 1. The number of halogens is 1. The zero-order valence-electron chi connectivity index (χ0n) is 17.9. The second kappa shape index (κ2) is 11.6. The molecule has 6 nitrogen and oxygen atoms in total. The smallest absolute Gasteiger partial charge is 0.261 e. The van der Waals surface area contributed by atoms with Crippen molar-refractivity contribution in [2.75, 3.05) is 20.3 Å². The maximum atomic E-state index is 13.0. The topological polar surface area (TPSA) is 67.9 Å². The number of hydrogen-bond acceptors (Lipinski definition) is 4. The lowest BCUT2D eigenvalue weighted by molar-refractivity contribution is -0.142. The average molecular weight is 477 g/mol. The third-order valence-corrected chi connectivity index (χ3v) is 5.01. The van der Waals surface area contributed by atoms with Gasteiger partial charge in [0.15, 0.2) is 6.61 Å². The lowest BCUT2D eigenvalue weighted by Crippen LogP contribution is -2.49. The molecule has 0 bridgehead atoms. The second-order valence-electron chi connectivity index (χ2n) is 7.43. The van der Waals surface area contributed by atoms with Crippen LogP contribution in [0.2, 0.25) is 0 Å². The van der Waals surface area contributed by atoms with Crippen molar-refractivity contribution in [3.8, 4) is 11.5 Å². The molecular weight excluding hydrogens is 448 g/mol. The number of benzene rings is 2. The van der Waals surface area contributed by atoms with Gasteiger partial charge in [-0.15, -0.1) is 0 Å². The standard InChI is InChI=1S/C23H29BrN2O4/c1-16(2)13-25-23(28)17(3)26(14-18-6-5-7-19(24)12-18)22(27)15-30-21-10-8-20(29-4)9-11-21/h5-12,16-17H,13-15H2,1-4H3,(H,25,28)/t17-/m0/s1. The molecule has 0 radical (unpaired) electrons. The first-order chi connectivity index (χ1) is 14.3. The lowest BCUT2D eigenvalue weighted by atomic mass is 10.1. The van der Waals surface area contributed by atoms with Crippen LogP contribution in [0.15, 0.2) is 53.0 Å². The molecule has 0 saturated carbocycles. The number of rotatable bonds is 10. The van der Waals surface area contributed by atoms with Crippen LogP contribution in [0.1, 0.15) is 26.3 Å². The van der Waals surface area contributed by atoms with Crippen molar-refractivity contribution in [1.29, 1.82) is 0 Å². The van der Waals surface area contributed by atoms with Crippen molar-refractivity contribution >= 4 is 27.7 Å². The van der Waals surface area contributed by atoms with E-state index in [1.54, 1.807) is 43.2 Å². The zero-order valence-corrected chi connectivity index (χ0v) is 19.4. The van der Waals surface area contributed by atoms with Crippen molar-refractivity contribution in [1.82, 2.24) is 10.2 Å². The Morgan fingerprint density at radius 1 is 1.07 bits per heavy atom. The Kier molecular flexibility index (Phi) is 9.17. The van der Waals surface area contributed by atoms with Gasteiger partial charge >= 0.3 is 0 Å². The Morgan fingerprint density at radius 2 is 1.73 bits per heavy atom. The summed E-state index contributed by atoms with van der Waals surface area (Å²) in [6.07, 6.45) is 0. The van der Waals surface area contributed by atoms with Crippen LogP contribution in [0.3, 0.4) is 0 Å². The van der Waals surface area contributed by atoms with Crippen molar-refractivity contribution in [3.63, 3.8) is 0 Å². The summed E-state index contributed by atoms with van der Waals surface area (Å²) >= 11 is 3.45. The van der Waals surface area contributed by atoms with Crippen molar-refractivity contribution < 1.29 is 19.1 Å². The fraction of sp³-hybridized carbons (Fsp3) is 0.391. The largest absolute Gasteiger partial charge is 0.497 e. The van der Waals surface area contributed by atoms with E-state index < -0.39 is 6.04 Å². The van der Waals surface area contributed by atoms with Gasteiger partial charge in [-0.25, -0.2) is 0 Å². The van der Waals surface area contributed by atoms with Crippen LogP contribution in [-0.2, 0) is 16.1 Å². The van der Waals surface area contributed by atoms with E-state index in [9.17, 15) is 9.59 Å². The molecule has 0 aliphatic carbocycles. The summed E-state index contributed by atoms with van der Waals surface area (Å²) in [5.74, 6) is 1.15. The van der Waals surface area contributed by atoms with Crippen LogP contribution in [0.25, 0.3) is 0 Å². The second-order valence-corrected chi connectivity index (χ2v) is 8.35. The fourth-order valence-electron chi connectivity index (χ4n) is 2.77. The number of nitrogens with zero attached hydrogens (tertiary/aromatic N) is 1. The van der Waals surface area contributed by atoms with Gasteiger partial charge in [0.25, 0.3) is 5.91 Å². The van der Waals surface area contributed by atoms with Crippen LogP contribution >= 0.6 is 15.9 Å². The normalized spacial score (nSPS) is 11.7. The molecule has 0 aliphatic heterocycles. The van der Waals surface area contributed by atoms with Gasteiger partial charge in [0.05, 0.1) is 7.11 Å². The molecule has 0 heterocycles. The van der Waals surface area contributed by atoms with E-state index in [1.165, 1.54) is 0 Å². The van der Waals surface area contributed by atoms with E-state index in [2.05, 4.69) is 21.2 Å². The summed E-state index contributed by atoms with van der Waals surface area (Å²) in [5.41, 5.74) is 0.922. The maximum Gasteiger partial charge on any atom is 0.261 e. The van der Waals surface area contributed by atoms with Crippen LogP contribution in [0.4, 0.5) is 0 Å². The number of hydrogen-bond donors (Lipinski definition) is 1. The van der Waals surface area contributed by atoms with Gasteiger partial charge in [-0.1, -0.05) is 41.9 Å². The molecule has 1 N–H and O–H groups in total. The number of amides is 2. The quantitative estimate of drug-likeness (QED) is 0.561. The fourth-order valence-corrected chi connectivity index (χ4v) is 3.21. The predicted octanol–water partition coefficient (Wildman–Crippen LogP) is 4.03. The molecule has 2 aromatic carbocycles. The van der Waals surface area contributed by atoms with Gasteiger partial charge in [-0.3, -0.25) is 9.59 Å². The van der Waals surface area contributed by atoms with E-state index >= 15 is 0 Å². The van der Waals surface area contributed by atoms with Crippen LogP contribution in [-0.4, -0.2) is 43.0 Å². The van der Waals surface area contributed by atoms with Gasteiger partial charge in [0.2, 0.25) is 5.91 Å². The first kappa shape index (κ1) is 23.7. The minimum Gasteiger partial charge on any atom is -0.497 e. The Labute approximate surface area is 186 Å². The minimum atomic E-state index is -0.630. The summed E-state index contributed by atoms with van der Waals surface area (Å²) in [6.45, 7) is 6.49. The third kappa shape index (κ3) is 7.37. The van der Waals surface area contributed by atoms with Gasteiger partial charge < -0.3 is 19.7 Å². The van der Waals surface area contributed by atoms with Gasteiger partial charge in [-0.2, -0.15) is 0 Å². The molecule has 0 aliphatic rings. The number of ether oxygens (including phenoxy) is 2. The molecule has 2 aromatic rings. The van der Waals surface area contributed by atoms with Crippen LogP contribution in [0, 0.1) is 5.92 Å². The molecule has 30 heavy (non-hydrogen) atoms. The van der Waals surface area contributed by atoms with E-state index in [0.717, 1.165) is 10.0 Å². The summed E-state index contributed by atoms with van der Waals surface area (Å²) in [6, 6.07) is 14.1. The summed E-state index contributed by atoms with van der Waals surface area (Å²) < 4.78 is 11.7. The first-order valence-corrected chi connectivity index (χ1v) is 10.7. The van der Waals surface area contributed by atoms with E-state index in [0.29, 0.717) is 30.5 Å². The summed E-state index contributed by atoms with van der Waals surface area (Å²) in [5, 5.41) is 2.90. The molecule has 2 rings (SSSR count). The van der Waals surface area contributed by atoms with Crippen LogP contribution in [0.5, 0.6) is 11.5 Å². The molecule has 7 heteroatoms. The Balaban J connectivity index is 2.11. The molecule has 0 fully saturated rings. The SMILES string of the molecule is COc1ccc(OCC(=O)N(Cc2cccc(Br)c2)[C@@H](C)C(=O)NCC(C)C)cc1. The molecule has 0 aromatic heterocycles. The Morgan fingerprint density at radius 3 is 2.33 bits per heavy atom. The van der Waals surface area contributed by atoms with E-state index in [4.69, 9.17) is 9.47 Å². The highest BCUT2D eigenvalue weighted by atomic mass is 79.9. The molecular formula is C23H29BrN2O4. The maximum absolute atomic E-state index is 13.0. The third-order valence-electron chi connectivity index (χ3n) is 4.52. The summed E-state index contributed by atoms with van der Waals surface area (Å²) in [7, 11) is 1.59. The highest BCUT2D eigenvalue weighted by Crippen LogP contribution is 2.18. The van der Waals surface area contributed by atoms with E-state index in [1.807, 2.05) is 38.1 Å².